The Morgan fingerprint density at radius 3 is 2.52 bits per heavy atom. The minimum Gasteiger partial charge on any atom is -0.486 e. The highest BCUT2D eigenvalue weighted by Gasteiger charge is 2.29. The van der Waals surface area contributed by atoms with Crippen molar-refractivity contribution < 1.29 is 14.3 Å². The molecule has 0 saturated heterocycles. The molecular weight excluding hydrogens is 384 g/mol. The van der Waals surface area contributed by atoms with Gasteiger partial charge < -0.3 is 20.5 Å². The summed E-state index contributed by atoms with van der Waals surface area (Å²) >= 11 is 3.53. The van der Waals surface area contributed by atoms with Crippen LogP contribution in [0.3, 0.4) is 0 Å². The average molecular weight is 408 g/mol. The Labute approximate surface area is 151 Å². The molecule has 1 aliphatic rings. The fourth-order valence-corrected chi connectivity index (χ4v) is 3.15. The third-order valence-corrected chi connectivity index (χ3v) is 4.45. The second kappa shape index (κ2) is 8.22. The van der Waals surface area contributed by atoms with Crippen LogP contribution in [0.2, 0.25) is 0 Å². The molecule has 7 heteroatoms. The molecule has 1 aliphatic heterocycles. The largest absolute Gasteiger partial charge is 0.486 e. The van der Waals surface area contributed by atoms with Gasteiger partial charge >= 0.3 is 0 Å². The molecule has 0 bridgehead atoms. The molecule has 23 heavy (non-hydrogen) atoms. The number of hydrogen-bond acceptors (Lipinski definition) is 4. The molecule has 0 aromatic heterocycles. The predicted octanol–water partition coefficient (Wildman–Crippen LogP) is 3.34. The number of rotatable bonds is 5. The van der Waals surface area contributed by atoms with Crippen molar-refractivity contribution in [2.75, 3.05) is 13.2 Å². The van der Waals surface area contributed by atoms with Gasteiger partial charge in [-0.05, 0) is 38.0 Å². The van der Waals surface area contributed by atoms with Crippen molar-refractivity contribution in [2.45, 2.75) is 45.2 Å². The number of fused-ring (bicyclic) bond motifs is 1. The summed E-state index contributed by atoms with van der Waals surface area (Å²) in [6, 6.07) is 3.59. The molecule has 2 atom stereocenters. The first-order valence-electron chi connectivity index (χ1n) is 7.54. The van der Waals surface area contributed by atoms with Crippen LogP contribution in [0.15, 0.2) is 16.6 Å². The van der Waals surface area contributed by atoms with Crippen LogP contribution in [0.5, 0.6) is 11.5 Å². The van der Waals surface area contributed by atoms with Gasteiger partial charge in [-0.15, -0.1) is 12.4 Å². The van der Waals surface area contributed by atoms with E-state index in [1.807, 2.05) is 26.0 Å². The maximum atomic E-state index is 12.3. The molecule has 2 unspecified atom stereocenters. The van der Waals surface area contributed by atoms with E-state index in [2.05, 4.69) is 21.2 Å². The Balaban J connectivity index is 0.00000264. The van der Waals surface area contributed by atoms with E-state index in [-0.39, 0.29) is 24.4 Å². The number of amides is 1. The van der Waals surface area contributed by atoms with Gasteiger partial charge in [0.05, 0.1) is 11.6 Å². The molecular formula is C16H24BrClN2O3. The molecule has 0 saturated carbocycles. The van der Waals surface area contributed by atoms with E-state index in [9.17, 15) is 4.79 Å². The summed E-state index contributed by atoms with van der Waals surface area (Å²) in [6.07, 6.45) is 1.51. The quantitative estimate of drug-likeness (QED) is 0.785. The molecule has 0 radical (unpaired) electrons. The number of ether oxygens (including phenoxy) is 2. The monoisotopic (exact) mass is 406 g/mol. The van der Waals surface area contributed by atoms with Crippen LogP contribution in [0.4, 0.5) is 0 Å². The lowest BCUT2D eigenvalue weighted by Gasteiger charge is -2.27. The van der Waals surface area contributed by atoms with Gasteiger partial charge in [0.1, 0.15) is 13.2 Å². The van der Waals surface area contributed by atoms with Crippen molar-refractivity contribution in [1.82, 2.24) is 5.32 Å². The van der Waals surface area contributed by atoms with E-state index < -0.39 is 5.54 Å². The number of carbonyl (C=O) groups excluding carboxylic acids is 1. The second-order valence-corrected chi connectivity index (χ2v) is 6.73. The van der Waals surface area contributed by atoms with Crippen LogP contribution >= 0.6 is 28.3 Å². The first-order valence-corrected chi connectivity index (χ1v) is 8.33. The van der Waals surface area contributed by atoms with Gasteiger partial charge in [0.25, 0.3) is 0 Å². The first-order chi connectivity index (χ1) is 10.3. The number of hydrogen-bond donors (Lipinski definition) is 2. The van der Waals surface area contributed by atoms with Crippen molar-refractivity contribution in [3.63, 3.8) is 0 Å². The van der Waals surface area contributed by atoms with Crippen LogP contribution in [0.25, 0.3) is 0 Å². The van der Waals surface area contributed by atoms with E-state index in [0.717, 1.165) is 22.2 Å². The summed E-state index contributed by atoms with van der Waals surface area (Å²) in [6.45, 7) is 6.78. The smallest absolute Gasteiger partial charge is 0.240 e. The number of nitrogens with two attached hydrogens (primary N) is 1. The highest BCUT2D eigenvalue weighted by Crippen LogP contribution is 2.37. The molecule has 1 aromatic carbocycles. The zero-order chi connectivity index (χ0) is 16.3. The zero-order valence-corrected chi connectivity index (χ0v) is 16.1. The van der Waals surface area contributed by atoms with Crippen LogP contribution in [0.1, 0.15) is 45.2 Å². The Hall–Kier alpha value is -0.980. The maximum Gasteiger partial charge on any atom is 0.240 e. The Morgan fingerprint density at radius 1 is 1.39 bits per heavy atom. The highest BCUT2D eigenvalue weighted by molar-refractivity contribution is 9.10. The van der Waals surface area contributed by atoms with E-state index in [0.29, 0.717) is 25.4 Å². The van der Waals surface area contributed by atoms with Crippen LogP contribution in [-0.2, 0) is 4.79 Å². The van der Waals surface area contributed by atoms with Gasteiger partial charge in [0.2, 0.25) is 5.91 Å². The van der Waals surface area contributed by atoms with Crippen LogP contribution in [-0.4, -0.2) is 24.7 Å². The summed E-state index contributed by atoms with van der Waals surface area (Å²) in [4.78, 5) is 12.3. The number of nitrogens with one attached hydrogen (secondary N) is 1. The summed E-state index contributed by atoms with van der Waals surface area (Å²) < 4.78 is 12.0. The molecule has 0 aliphatic carbocycles. The van der Waals surface area contributed by atoms with Gasteiger partial charge in [-0.3, -0.25) is 4.79 Å². The number of halogens is 2. The molecule has 2 rings (SSSR count). The Morgan fingerprint density at radius 2 is 1.96 bits per heavy atom. The third kappa shape index (κ3) is 4.75. The fourth-order valence-electron chi connectivity index (χ4n) is 2.48. The average Bonchev–Trinajstić information content (AvgIpc) is 2.46. The van der Waals surface area contributed by atoms with Crippen molar-refractivity contribution >= 4 is 34.2 Å². The minimum atomic E-state index is -0.858. The second-order valence-electron chi connectivity index (χ2n) is 5.88. The number of carbonyl (C=O) groups is 1. The standard InChI is InChI=1S/C16H23BrN2O3.ClH/c1-4-5-16(3,18)15(20)19-10(2)11-8-13-14(9-12(11)17)22-7-6-21-13;/h8-10H,4-7,18H2,1-3H3,(H,19,20);1H. The van der Waals surface area contributed by atoms with Gasteiger partial charge in [-0.25, -0.2) is 0 Å². The molecule has 0 fully saturated rings. The van der Waals surface area contributed by atoms with Gasteiger partial charge in [-0.2, -0.15) is 0 Å². The van der Waals surface area contributed by atoms with E-state index >= 15 is 0 Å². The summed E-state index contributed by atoms with van der Waals surface area (Å²) in [7, 11) is 0. The number of benzene rings is 1. The van der Waals surface area contributed by atoms with Crippen LogP contribution < -0.4 is 20.5 Å². The maximum absolute atomic E-state index is 12.3. The van der Waals surface area contributed by atoms with Crippen molar-refractivity contribution in [3.8, 4) is 11.5 Å². The lowest BCUT2D eigenvalue weighted by molar-refractivity contribution is -0.126. The fraction of sp³-hybridized carbons (Fsp3) is 0.562. The molecule has 1 heterocycles. The van der Waals surface area contributed by atoms with Crippen molar-refractivity contribution in [3.05, 3.63) is 22.2 Å². The molecule has 1 aromatic rings. The Bertz CT molecular complexity index is 567. The summed E-state index contributed by atoms with van der Waals surface area (Å²) in [5.74, 6) is 1.27. The normalized spacial score (nSPS) is 16.7. The van der Waals surface area contributed by atoms with Crippen molar-refractivity contribution in [2.24, 2.45) is 5.73 Å². The zero-order valence-electron chi connectivity index (χ0n) is 13.6. The first kappa shape index (κ1) is 20.1. The van der Waals surface area contributed by atoms with Crippen LogP contribution in [0, 0.1) is 0 Å². The van der Waals surface area contributed by atoms with Crippen molar-refractivity contribution in [1.29, 1.82) is 0 Å². The van der Waals surface area contributed by atoms with Gasteiger partial charge in [0, 0.05) is 4.47 Å². The summed E-state index contributed by atoms with van der Waals surface area (Å²) in [5.41, 5.74) is 6.15. The lowest BCUT2D eigenvalue weighted by atomic mass is 9.95. The highest BCUT2D eigenvalue weighted by atomic mass is 79.9. The summed E-state index contributed by atoms with van der Waals surface area (Å²) in [5, 5.41) is 2.98. The van der Waals surface area contributed by atoms with E-state index in [1.54, 1.807) is 6.92 Å². The molecule has 5 nitrogen and oxygen atoms in total. The SMILES string of the molecule is CCCC(C)(N)C(=O)NC(C)c1cc2c(cc1Br)OCCO2.Cl. The topological polar surface area (TPSA) is 73.6 Å². The molecule has 1 amide bonds. The third-order valence-electron chi connectivity index (χ3n) is 3.76. The minimum absolute atomic E-state index is 0. The Kier molecular flexibility index (Phi) is 7.17. The molecule has 0 spiro atoms. The molecule has 130 valence electrons. The van der Waals surface area contributed by atoms with E-state index in [4.69, 9.17) is 15.2 Å². The van der Waals surface area contributed by atoms with E-state index in [1.165, 1.54) is 0 Å². The molecule has 3 N–H and O–H groups in total. The van der Waals surface area contributed by atoms with Gasteiger partial charge in [-0.1, -0.05) is 29.3 Å². The van der Waals surface area contributed by atoms with Gasteiger partial charge in [0.15, 0.2) is 11.5 Å². The lowest BCUT2D eigenvalue weighted by Crippen LogP contribution is -2.52. The predicted molar refractivity (Wildman–Crippen MR) is 96.4 cm³/mol.